The molecule has 2 rings (SSSR count). The quantitative estimate of drug-likeness (QED) is 0.844. The molecule has 0 aliphatic carbocycles. The molecule has 0 saturated heterocycles. The summed E-state index contributed by atoms with van der Waals surface area (Å²) in [6.45, 7) is 5.46. The van der Waals surface area contributed by atoms with Gasteiger partial charge in [-0.25, -0.2) is 4.79 Å². The molecule has 5 nitrogen and oxygen atoms in total. The van der Waals surface area contributed by atoms with E-state index in [9.17, 15) is 4.79 Å². The number of carbonyl (C=O) groups is 1. The maximum Gasteiger partial charge on any atom is 0.412 e. The number of carbonyl (C=O) groups excluding carboxylic acids is 1. The Morgan fingerprint density at radius 1 is 1.44 bits per heavy atom. The molecule has 2 N–H and O–H groups in total. The van der Waals surface area contributed by atoms with Gasteiger partial charge in [0.15, 0.2) is 0 Å². The molecular weight excluding hydrogens is 298 g/mol. The molecule has 6 heteroatoms. The molecule has 0 fully saturated rings. The van der Waals surface area contributed by atoms with Crippen molar-refractivity contribution in [3.05, 3.63) is 22.8 Å². The van der Waals surface area contributed by atoms with E-state index in [1.807, 2.05) is 26.8 Å². The second-order valence-corrected chi connectivity index (χ2v) is 5.73. The van der Waals surface area contributed by atoms with Gasteiger partial charge >= 0.3 is 6.09 Å². The summed E-state index contributed by atoms with van der Waals surface area (Å²) >= 11 is 3.42. The summed E-state index contributed by atoms with van der Waals surface area (Å²) in [5.41, 5.74) is 0.877. The van der Waals surface area contributed by atoms with Gasteiger partial charge in [-0.1, -0.05) is 15.9 Å². The molecule has 0 aliphatic rings. The third-order valence-corrected chi connectivity index (χ3v) is 2.89. The Morgan fingerprint density at radius 3 is 2.83 bits per heavy atom. The lowest BCUT2D eigenvalue weighted by Crippen LogP contribution is -2.27. The van der Waals surface area contributed by atoms with Gasteiger partial charge in [-0.2, -0.15) is 5.10 Å². The second-order valence-electron chi connectivity index (χ2n) is 4.88. The number of ether oxygens (including phenoxy) is 1. The molecule has 0 unspecified atom stereocenters. The minimum atomic E-state index is -0.521. The Morgan fingerprint density at radius 2 is 2.17 bits per heavy atom. The van der Waals surface area contributed by atoms with E-state index in [4.69, 9.17) is 4.74 Å². The van der Waals surface area contributed by atoms with Gasteiger partial charge in [-0.05, 0) is 32.9 Å². The SMILES string of the molecule is CC(C)(C)OC(=O)Nc1ccc(Br)c2cn[nH]c12. The Balaban J connectivity index is 2.25. The number of hydrogen-bond acceptors (Lipinski definition) is 3. The first kappa shape index (κ1) is 12.9. The minimum Gasteiger partial charge on any atom is -0.444 e. The van der Waals surface area contributed by atoms with E-state index < -0.39 is 11.7 Å². The van der Waals surface area contributed by atoms with Gasteiger partial charge in [-0.15, -0.1) is 0 Å². The van der Waals surface area contributed by atoms with E-state index in [-0.39, 0.29) is 0 Å². The second kappa shape index (κ2) is 4.61. The van der Waals surface area contributed by atoms with Gasteiger partial charge in [0.05, 0.1) is 17.4 Å². The first-order valence-corrected chi connectivity index (χ1v) is 6.28. The number of aromatic amines is 1. The number of hydrogen-bond donors (Lipinski definition) is 2. The van der Waals surface area contributed by atoms with Crippen LogP contribution in [0.5, 0.6) is 0 Å². The summed E-state index contributed by atoms with van der Waals surface area (Å²) in [7, 11) is 0. The lowest BCUT2D eigenvalue weighted by molar-refractivity contribution is 0.0636. The summed E-state index contributed by atoms with van der Waals surface area (Å²) in [6.07, 6.45) is 1.21. The highest BCUT2D eigenvalue weighted by molar-refractivity contribution is 9.10. The first-order chi connectivity index (χ1) is 8.37. The van der Waals surface area contributed by atoms with Crippen LogP contribution in [-0.4, -0.2) is 21.9 Å². The van der Waals surface area contributed by atoms with Crippen LogP contribution in [0.25, 0.3) is 10.9 Å². The van der Waals surface area contributed by atoms with Gasteiger partial charge in [0, 0.05) is 9.86 Å². The topological polar surface area (TPSA) is 67.0 Å². The summed E-state index contributed by atoms with van der Waals surface area (Å²) in [4.78, 5) is 11.7. The first-order valence-electron chi connectivity index (χ1n) is 5.48. The van der Waals surface area contributed by atoms with Crippen molar-refractivity contribution in [3.63, 3.8) is 0 Å². The summed E-state index contributed by atoms with van der Waals surface area (Å²) in [6, 6.07) is 3.64. The Labute approximate surface area is 113 Å². The number of halogens is 1. The van der Waals surface area contributed by atoms with Crippen LogP contribution in [0.15, 0.2) is 22.8 Å². The van der Waals surface area contributed by atoms with Crippen molar-refractivity contribution in [3.8, 4) is 0 Å². The largest absolute Gasteiger partial charge is 0.444 e. The fraction of sp³-hybridized carbons (Fsp3) is 0.333. The maximum absolute atomic E-state index is 11.7. The molecule has 0 saturated carbocycles. The molecule has 1 aromatic carbocycles. The van der Waals surface area contributed by atoms with Crippen molar-refractivity contribution >= 4 is 38.6 Å². The predicted molar refractivity (Wildman–Crippen MR) is 73.7 cm³/mol. The average molecular weight is 312 g/mol. The normalized spacial score (nSPS) is 11.6. The van der Waals surface area contributed by atoms with E-state index in [0.717, 1.165) is 15.4 Å². The zero-order valence-electron chi connectivity index (χ0n) is 10.4. The van der Waals surface area contributed by atoms with Crippen LogP contribution in [-0.2, 0) is 4.74 Å². The summed E-state index contributed by atoms with van der Waals surface area (Å²) in [5, 5.41) is 10.4. The van der Waals surface area contributed by atoms with Crippen LogP contribution in [0, 0.1) is 0 Å². The molecule has 96 valence electrons. The van der Waals surface area contributed by atoms with Gasteiger partial charge in [-0.3, -0.25) is 10.4 Å². The molecule has 0 aliphatic heterocycles. The third-order valence-electron chi connectivity index (χ3n) is 2.20. The van der Waals surface area contributed by atoms with Crippen LogP contribution in [0.2, 0.25) is 0 Å². The number of anilines is 1. The summed E-state index contributed by atoms with van der Waals surface area (Å²) < 4.78 is 6.12. The lowest BCUT2D eigenvalue weighted by Gasteiger charge is -2.19. The van der Waals surface area contributed by atoms with Crippen molar-refractivity contribution in [1.82, 2.24) is 10.2 Å². The van der Waals surface area contributed by atoms with Crippen molar-refractivity contribution in [2.24, 2.45) is 0 Å². The highest BCUT2D eigenvalue weighted by Crippen LogP contribution is 2.28. The third kappa shape index (κ3) is 2.81. The molecular formula is C12H14BrN3O2. The summed E-state index contributed by atoms with van der Waals surface area (Å²) in [5.74, 6) is 0. The molecule has 18 heavy (non-hydrogen) atoms. The van der Waals surface area contributed by atoms with E-state index in [1.165, 1.54) is 0 Å². The molecule has 1 aromatic heterocycles. The molecule has 0 radical (unpaired) electrons. The molecule has 0 atom stereocenters. The van der Waals surface area contributed by atoms with Crippen molar-refractivity contribution in [2.45, 2.75) is 26.4 Å². The van der Waals surface area contributed by atoms with Gasteiger partial charge in [0.1, 0.15) is 5.60 Å². The van der Waals surface area contributed by atoms with Crippen molar-refractivity contribution in [1.29, 1.82) is 0 Å². The van der Waals surface area contributed by atoms with E-state index >= 15 is 0 Å². The highest BCUT2D eigenvalue weighted by Gasteiger charge is 2.17. The molecule has 1 heterocycles. The fourth-order valence-corrected chi connectivity index (χ4v) is 1.95. The lowest BCUT2D eigenvalue weighted by atomic mass is 10.2. The molecule has 0 spiro atoms. The average Bonchev–Trinajstić information content (AvgIpc) is 2.69. The van der Waals surface area contributed by atoms with E-state index in [1.54, 1.807) is 12.3 Å². The fourth-order valence-electron chi connectivity index (χ4n) is 1.52. The Kier molecular flexibility index (Phi) is 3.30. The van der Waals surface area contributed by atoms with Gasteiger partial charge in [0.25, 0.3) is 0 Å². The zero-order chi connectivity index (χ0) is 13.3. The highest BCUT2D eigenvalue weighted by atomic mass is 79.9. The number of benzene rings is 1. The van der Waals surface area contributed by atoms with Crippen LogP contribution in [0.3, 0.4) is 0 Å². The predicted octanol–water partition coefficient (Wildman–Crippen LogP) is 3.67. The van der Waals surface area contributed by atoms with Gasteiger partial charge in [0.2, 0.25) is 0 Å². The van der Waals surface area contributed by atoms with Crippen LogP contribution >= 0.6 is 15.9 Å². The zero-order valence-corrected chi connectivity index (χ0v) is 12.0. The maximum atomic E-state index is 11.7. The van der Waals surface area contributed by atoms with E-state index in [2.05, 4.69) is 31.4 Å². The molecule has 1 amide bonds. The number of amides is 1. The Hall–Kier alpha value is -1.56. The monoisotopic (exact) mass is 311 g/mol. The van der Waals surface area contributed by atoms with Crippen molar-refractivity contribution < 1.29 is 9.53 Å². The number of nitrogens with one attached hydrogen (secondary N) is 2. The number of rotatable bonds is 1. The molecule has 2 aromatic rings. The molecule has 0 bridgehead atoms. The Bertz CT molecular complexity index is 587. The van der Waals surface area contributed by atoms with Crippen LogP contribution in [0.4, 0.5) is 10.5 Å². The standard InChI is InChI=1S/C12H14BrN3O2/c1-12(2,3)18-11(17)15-9-5-4-8(13)7-6-14-16-10(7)9/h4-6H,1-3H3,(H,14,16)(H,15,17). The minimum absolute atomic E-state index is 0.485. The smallest absolute Gasteiger partial charge is 0.412 e. The number of aromatic nitrogens is 2. The number of fused-ring (bicyclic) bond motifs is 1. The van der Waals surface area contributed by atoms with Gasteiger partial charge < -0.3 is 4.74 Å². The van der Waals surface area contributed by atoms with Crippen LogP contribution in [0.1, 0.15) is 20.8 Å². The number of nitrogens with zero attached hydrogens (tertiary/aromatic N) is 1. The van der Waals surface area contributed by atoms with E-state index in [0.29, 0.717) is 5.69 Å². The number of H-pyrrole nitrogens is 1. The van der Waals surface area contributed by atoms with Crippen molar-refractivity contribution in [2.75, 3.05) is 5.32 Å². The van der Waals surface area contributed by atoms with Crippen LogP contribution < -0.4 is 5.32 Å².